The number of hydrogen-bond donors (Lipinski definition) is 1. The lowest BCUT2D eigenvalue weighted by molar-refractivity contribution is -0.137. The summed E-state index contributed by atoms with van der Waals surface area (Å²) in [4.78, 5) is 16.0. The molecule has 2 rings (SSSR count). The highest BCUT2D eigenvalue weighted by Gasteiger charge is 2.25. The Balaban J connectivity index is 2.57. The number of halogens is 3. The monoisotopic (exact) mass is 327 g/mol. The lowest BCUT2D eigenvalue weighted by Gasteiger charge is -2.11. The highest BCUT2D eigenvalue weighted by Crippen LogP contribution is 2.28. The maximum absolute atomic E-state index is 14.0. The third-order valence-corrected chi connectivity index (χ3v) is 3.35. The van der Waals surface area contributed by atoms with E-state index in [1.54, 1.807) is 6.92 Å². The highest BCUT2D eigenvalue weighted by atomic mass is 19.2. The zero-order valence-electron chi connectivity index (χ0n) is 12.7. The second-order valence-corrected chi connectivity index (χ2v) is 5.15. The summed E-state index contributed by atoms with van der Waals surface area (Å²) in [5.74, 6) is -5.60. The van der Waals surface area contributed by atoms with Gasteiger partial charge in [-0.1, -0.05) is 0 Å². The topological polar surface area (TPSA) is 58.9 Å². The van der Waals surface area contributed by atoms with Gasteiger partial charge in [-0.05, 0) is 26.7 Å². The predicted octanol–water partition coefficient (Wildman–Crippen LogP) is 3.48. The van der Waals surface area contributed by atoms with Crippen LogP contribution in [0.5, 0.6) is 0 Å². The number of esters is 1. The third kappa shape index (κ3) is 3.72. The molecule has 124 valence electrons. The molecule has 1 aliphatic carbocycles. The number of carbonyl (C=O) groups excluding carboxylic acids is 1. The number of benzene rings is 1. The molecule has 0 radical (unpaired) electrons. The van der Waals surface area contributed by atoms with E-state index in [1.807, 2.05) is 0 Å². The van der Waals surface area contributed by atoms with Crippen LogP contribution in [0.25, 0.3) is 5.76 Å². The first-order valence-electron chi connectivity index (χ1n) is 7.14. The van der Waals surface area contributed by atoms with Gasteiger partial charge in [0, 0.05) is 17.8 Å². The second-order valence-electron chi connectivity index (χ2n) is 5.15. The smallest absolute Gasteiger partial charge is 0.343 e. The van der Waals surface area contributed by atoms with Crippen LogP contribution in [0, 0.1) is 24.4 Å². The van der Waals surface area contributed by atoms with Crippen molar-refractivity contribution in [2.75, 3.05) is 6.61 Å². The Morgan fingerprint density at radius 2 is 2.04 bits per heavy atom. The fourth-order valence-electron chi connectivity index (χ4n) is 1.96. The Hall–Kier alpha value is -2.31. The quantitative estimate of drug-likeness (QED) is 0.296. The van der Waals surface area contributed by atoms with E-state index in [0.717, 1.165) is 26.0 Å². The number of ether oxygens (including phenoxy) is 1. The zero-order valence-corrected chi connectivity index (χ0v) is 12.7. The van der Waals surface area contributed by atoms with Crippen molar-refractivity contribution in [2.45, 2.75) is 32.7 Å². The van der Waals surface area contributed by atoms with Crippen LogP contribution in [-0.2, 0) is 9.53 Å². The summed E-state index contributed by atoms with van der Waals surface area (Å²) >= 11 is 0. The molecule has 7 heteroatoms. The van der Waals surface area contributed by atoms with E-state index in [4.69, 9.17) is 4.74 Å². The SMILES string of the molecule is CCOC(=O)C(C=NC1CC1)=C(O)c1c(F)cc(F)c(F)c1C. The number of rotatable bonds is 5. The van der Waals surface area contributed by atoms with Gasteiger partial charge in [0.25, 0.3) is 0 Å². The van der Waals surface area contributed by atoms with E-state index < -0.39 is 45.9 Å². The van der Waals surface area contributed by atoms with Crippen molar-refractivity contribution in [3.8, 4) is 0 Å². The molecule has 0 aromatic heterocycles. The van der Waals surface area contributed by atoms with Crippen molar-refractivity contribution < 1.29 is 27.8 Å². The minimum absolute atomic E-state index is 0.0339. The van der Waals surface area contributed by atoms with Crippen molar-refractivity contribution in [1.82, 2.24) is 0 Å². The Kier molecular flexibility index (Phi) is 5.08. The Morgan fingerprint density at radius 1 is 1.39 bits per heavy atom. The van der Waals surface area contributed by atoms with Crippen LogP contribution < -0.4 is 0 Å². The molecule has 1 fully saturated rings. The van der Waals surface area contributed by atoms with E-state index in [1.165, 1.54) is 0 Å². The van der Waals surface area contributed by atoms with Gasteiger partial charge >= 0.3 is 5.97 Å². The molecular formula is C16H16F3NO3. The molecule has 0 aliphatic heterocycles. The van der Waals surface area contributed by atoms with Crippen LogP contribution in [0.1, 0.15) is 30.9 Å². The number of aliphatic imine (C=N–C) groups is 1. The molecule has 0 atom stereocenters. The average molecular weight is 327 g/mol. The van der Waals surface area contributed by atoms with Gasteiger partial charge in [-0.2, -0.15) is 0 Å². The predicted molar refractivity (Wildman–Crippen MR) is 78.7 cm³/mol. The first-order chi connectivity index (χ1) is 10.9. The van der Waals surface area contributed by atoms with E-state index in [-0.39, 0.29) is 12.6 Å². The Bertz CT molecular complexity index is 694. The molecule has 1 aromatic carbocycles. The maximum Gasteiger partial charge on any atom is 0.343 e. The second kappa shape index (κ2) is 6.85. The molecule has 1 aromatic rings. The lowest BCUT2D eigenvalue weighted by atomic mass is 10.0. The van der Waals surface area contributed by atoms with Crippen molar-refractivity contribution in [1.29, 1.82) is 0 Å². The molecule has 0 bridgehead atoms. The normalized spacial score (nSPS) is 15.7. The van der Waals surface area contributed by atoms with Crippen molar-refractivity contribution in [3.05, 3.63) is 40.2 Å². The minimum atomic E-state index is -1.37. The van der Waals surface area contributed by atoms with Gasteiger partial charge in [-0.15, -0.1) is 0 Å². The van der Waals surface area contributed by atoms with Gasteiger partial charge in [-0.25, -0.2) is 18.0 Å². The van der Waals surface area contributed by atoms with Crippen molar-refractivity contribution in [3.63, 3.8) is 0 Å². The number of nitrogens with zero attached hydrogens (tertiary/aromatic N) is 1. The summed E-state index contributed by atoms with van der Waals surface area (Å²) in [5.41, 5.74) is -1.43. The van der Waals surface area contributed by atoms with Gasteiger partial charge in [0.05, 0.1) is 18.2 Å². The van der Waals surface area contributed by atoms with Crippen LogP contribution in [-0.4, -0.2) is 29.9 Å². The summed E-state index contributed by atoms with van der Waals surface area (Å²) in [6.45, 7) is 2.70. The molecule has 0 spiro atoms. The Morgan fingerprint density at radius 3 is 2.61 bits per heavy atom. The van der Waals surface area contributed by atoms with Crippen LogP contribution in [0.3, 0.4) is 0 Å². The standard InChI is InChI=1S/C16H16F3NO3/c1-3-23-16(22)10(7-20-9-4-5-9)15(21)13-8(2)14(19)12(18)6-11(13)17/h6-7,9,21H,3-5H2,1-2H3. The molecule has 0 amide bonds. The van der Waals surface area contributed by atoms with E-state index >= 15 is 0 Å². The molecule has 1 aliphatic rings. The molecule has 23 heavy (non-hydrogen) atoms. The van der Waals surface area contributed by atoms with Crippen molar-refractivity contribution in [2.24, 2.45) is 4.99 Å². The van der Waals surface area contributed by atoms with Crippen LogP contribution in [0.4, 0.5) is 13.2 Å². The largest absolute Gasteiger partial charge is 0.506 e. The fraction of sp³-hybridized carbons (Fsp3) is 0.375. The van der Waals surface area contributed by atoms with E-state index in [9.17, 15) is 23.1 Å². The van der Waals surface area contributed by atoms with Crippen LogP contribution in [0.15, 0.2) is 16.6 Å². The molecular weight excluding hydrogens is 311 g/mol. The summed E-state index contributed by atoms with van der Waals surface area (Å²) in [6, 6.07) is 0.359. The van der Waals surface area contributed by atoms with Crippen molar-refractivity contribution >= 4 is 17.9 Å². The van der Waals surface area contributed by atoms with Gasteiger partial charge in [0.2, 0.25) is 0 Å². The van der Waals surface area contributed by atoms with Gasteiger partial charge in [0.15, 0.2) is 11.6 Å². The summed E-state index contributed by atoms with van der Waals surface area (Å²) in [5, 5.41) is 10.2. The van der Waals surface area contributed by atoms with Crippen LogP contribution in [0.2, 0.25) is 0 Å². The molecule has 1 saturated carbocycles. The number of aliphatic hydroxyl groups is 1. The van der Waals surface area contributed by atoms with E-state index in [2.05, 4.69) is 4.99 Å². The molecule has 0 unspecified atom stereocenters. The molecule has 4 nitrogen and oxygen atoms in total. The molecule has 0 heterocycles. The van der Waals surface area contributed by atoms with E-state index in [0.29, 0.717) is 6.07 Å². The zero-order chi connectivity index (χ0) is 17.1. The Labute approximate surface area is 131 Å². The molecule has 1 N–H and O–H groups in total. The third-order valence-electron chi connectivity index (χ3n) is 3.35. The highest BCUT2D eigenvalue weighted by molar-refractivity contribution is 6.15. The summed E-state index contributed by atoms with van der Waals surface area (Å²) in [7, 11) is 0. The summed E-state index contributed by atoms with van der Waals surface area (Å²) in [6.07, 6.45) is 2.79. The number of carbonyl (C=O) groups is 1. The number of hydrogen-bond acceptors (Lipinski definition) is 4. The first-order valence-corrected chi connectivity index (χ1v) is 7.14. The lowest BCUT2D eigenvalue weighted by Crippen LogP contribution is -2.13. The summed E-state index contributed by atoms with van der Waals surface area (Å²) < 4.78 is 45.6. The van der Waals surface area contributed by atoms with Gasteiger partial charge < -0.3 is 9.84 Å². The molecule has 0 saturated heterocycles. The maximum atomic E-state index is 14.0. The fourth-order valence-corrected chi connectivity index (χ4v) is 1.96. The number of aliphatic hydroxyl groups excluding tert-OH is 1. The minimum Gasteiger partial charge on any atom is -0.506 e. The first kappa shape index (κ1) is 17.1. The van der Waals surface area contributed by atoms with Gasteiger partial charge in [-0.3, -0.25) is 4.99 Å². The van der Waals surface area contributed by atoms with Gasteiger partial charge in [0.1, 0.15) is 17.1 Å². The van der Waals surface area contributed by atoms with Crippen LogP contribution >= 0.6 is 0 Å². The average Bonchev–Trinajstić information content (AvgIpc) is 3.29.